The van der Waals surface area contributed by atoms with Crippen LogP contribution in [-0.2, 0) is 19.0 Å². The van der Waals surface area contributed by atoms with Crippen molar-refractivity contribution >= 4 is 29.2 Å². The van der Waals surface area contributed by atoms with Crippen LogP contribution >= 0.6 is 11.6 Å². The lowest BCUT2D eigenvalue weighted by Gasteiger charge is -2.32. The Bertz CT molecular complexity index is 1210. The fourth-order valence-corrected chi connectivity index (χ4v) is 5.63. The molecule has 228 valence electrons. The molecule has 2 aromatic rings. The van der Waals surface area contributed by atoms with Crippen molar-refractivity contribution in [1.29, 1.82) is 5.26 Å². The van der Waals surface area contributed by atoms with Gasteiger partial charge in [0.25, 0.3) is 0 Å². The van der Waals surface area contributed by atoms with E-state index in [1.54, 1.807) is 6.20 Å². The minimum Gasteiger partial charge on any atom is -0.461 e. The van der Waals surface area contributed by atoms with E-state index in [2.05, 4.69) is 33.9 Å². The molecule has 2 aliphatic rings. The van der Waals surface area contributed by atoms with Crippen molar-refractivity contribution in [1.82, 2.24) is 15.3 Å². The van der Waals surface area contributed by atoms with Crippen molar-refractivity contribution < 1.29 is 19.0 Å². The monoisotopic (exact) mass is 598 g/mol. The van der Waals surface area contributed by atoms with Gasteiger partial charge in [0.1, 0.15) is 18.2 Å². The van der Waals surface area contributed by atoms with Gasteiger partial charge in [-0.05, 0) is 77.5 Å². The van der Waals surface area contributed by atoms with Crippen LogP contribution in [-0.4, -0.2) is 73.1 Å². The first-order valence-electron chi connectivity index (χ1n) is 14.9. The highest BCUT2D eigenvalue weighted by molar-refractivity contribution is 6.33. The van der Waals surface area contributed by atoms with E-state index in [1.165, 1.54) is 0 Å². The summed E-state index contributed by atoms with van der Waals surface area (Å²) in [5.74, 6) is 1.14. The van der Waals surface area contributed by atoms with Gasteiger partial charge in [0.2, 0.25) is 0 Å². The van der Waals surface area contributed by atoms with Crippen LogP contribution in [0.3, 0.4) is 0 Å². The Labute approximate surface area is 253 Å². The molecule has 0 spiro atoms. The second-order valence-corrected chi connectivity index (χ2v) is 12.0. The van der Waals surface area contributed by atoms with Crippen LogP contribution in [0.2, 0.25) is 5.02 Å². The Morgan fingerprint density at radius 2 is 1.90 bits per heavy atom. The quantitative estimate of drug-likeness (QED) is 0.264. The molecule has 1 saturated carbocycles. The Hall–Kier alpha value is -2.97. The second kappa shape index (κ2) is 15.5. The Morgan fingerprint density at radius 3 is 2.62 bits per heavy atom. The number of carbonyl (C=O) groups is 1. The van der Waals surface area contributed by atoms with Crippen LogP contribution in [0.25, 0.3) is 11.3 Å². The summed E-state index contributed by atoms with van der Waals surface area (Å²) < 4.78 is 16.1. The molecule has 2 aromatic heterocycles. The summed E-state index contributed by atoms with van der Waals surface area (Å²) in [4.78, 5) is 21.0. The van der Waals surface area contributed by atoms with Gasteiger partial charge in [-0.15, -0.1) is 0 Å². The molecule has 10 nitrogen and oxygen atoms in total. The van der Waals surface area contributed by atoms with Crippen LogP contribution in [0.15, 0.2) is 30.5 Å². The number of pyridine rings is 2. The zero-order valence-corrected chi connectivity index (χ0v) is 25.6. The summed E-state index contributed by atoms with van der Waals surface area (Å²) in [5.41, 5.74) is 1.11. The van der Waals surface area contributed by atoms with Crippen molar-refractivity contribution in [3.05, 3.63) is 35.5 Å². The van der Waals surface area contributed by atoms with E-state index in [0.29, 0.717) is 62.1 Å². The number of aromatic nitrogens is 2. The predicted molar refractivity (Wildman–Crippen MR) is 163 cm³/mol. The molecule has 0 unspecified atom stereocenters. The highest BCUT2D eigenvalue weighted by Gasteiger charge is 2.32. The molecule has 0 radical (unpaired) electrons. The molecule has 1 aliphatic heterocycles. The third-order valence-corrected chi connectivity index (χ3v) is 8.03. The van der Waals surface area contributed by atoms with Crippen LogP contribution in [0.1, 0.15) is 59.3 Å². The number of anilines is 2. The number of hydrogen-bond acceptors (Lipinski definition) is 10. The maximum atomic E-state index is 11.6. The highest BCUT2D eigenvalue weighted by atomic mass is 35.5. The average Bonchev–Trinajstić information content (AvgIpc) is 2.98. The van der Waals surface area contributed by atoms with E-state index in [9.17, 15) is 10.1 Å². The second-order valence-electron chi connectivity index (χ2n) is 11.6. The van der Waals surface area contributed by atoms with Gasteiger partial charge >= 0.3 is 5.97 Å². The molecule has 0 aromatic carbocycles. The van der Waals surface area contributed by atoms with E-state index in [-0.39, 0.29) is 24.7 Å². The van der Waals surface area contributed by atoms with E-state index < -0.39 is 5.41 Å². The van der Waals surface area contributed by atoms with Gasteiger partial charge in [0.15, 0.2) is 0 Å². The first-order chi connectivity index (χ1) is 20.2. The summed E-state index contributed by atoms with van der Waals surface area (Å²) in [6, 6.07) is 11.1. The van der Waals surface area contributed by atoms with Gasteiger partial charge in [-0.2, -0.15) is 5.26 Å². The lowest BCUT2D eigenvalue weighted by Crippen LogP contribution is -2.43. The van der Waals surface area contributed by atoms with Crippen molar-refractivity contribution in [2.24, 2.45) is 5.41 Å². The number of nitrogens with one attached hydrogen (secondary N) is 3. The van der Waals surface area contributed by atoms with Gasteiger partial charge in [-0.1, -0.05) is 17.7 Å². The topological polar surface area (TPSA) is 130 Å². The van der Waals surface area contributed by atoms with Gasteiger partial charge in [-0.3, -0.25) is 0 Å². The molecule has 0 bridgehead atoms. The van der Waals surface area contributed by atoms with Gasteiger partial charge < -0.3 is 30.2 Å². The average molecular weight is 599 g/mol. The van der Waals surface area contributed by atoms with Crippen LogP contribution in [0, 0.1) is 16.7 Å². The Kier molecular flexibility index (Phi) is 11.8. The molecule has 1 aliphatic carbocycles. The van der Waals surface area contributed by atoms with Gasteiger partial charge in [-0.25, -0.2) is 14.8 Å². The van der Waals surface area contributed by atoms with Crippen LogP contribution in [0.4, 0.5) is 11.6 Å². The minimum absolute atomic E-state index is 0.0228. The summed E-state index contributed by atoms with van der Waals surface area (Å²) in [6.45, 7) is 7.90. The van der Waals surface area contributed by atoms with Crippen LogP contribution in [0.5, 0.6) is 0 Å². The number of nitriles is 1. The molecule has 0 amide bonds. The molecule has 3 N–H and O–H groups in total. The number of rotatable bonds is 13. The first kappa shape index (κ1) is 32.0. The maximum absolute atomic E-state index is 11.6. The molecular weight excluding hydrogens is 556 g/mol. The smallest absolute Gasteiger partial charge is 0.332 e. The summed E-state index contributed by atoms with van der Waals surface area (Å²) in [6.07, 6.45) is 7.04. The van der Waals surface area contributed by atoms with Crippen LogP contribution < -0.4 is 16.0 Å². The molecule has 11 heteroatoms. The lowest BCUT2D eigenvalue weighted by molar-refractivity contribution is -0.152. The summed E-state index contributed by atoms with van der Waals surface area (Å²) in [7, 11) is 0. The molecule has 4 rings (SSSR count). The van der Waals surface area contributed by atoms with E-state index in [0.717, 1.165) is 42.8 Å². The van der Waals surface area contributed by atoms with Crippen molar-refractivity contribution in [2.75, 3.05) is 43.6 Å². The molecule has 1 atom stereocenters. The predicted octanol–water partition coefficient (Wildman–Crippen LogP) is 5.20. The number of carbonyl (C=O) groups excluding carboxylic acids is 1. The van der Waals surface area contributed by atoms with Crippen molar-refractivity contribution in [3.63, 3.8) is 0 Å². The molecular formula is C31H43ClN6O4. The molecule has 2 fully saturated rings. The largest absolute Gasteiger partial charge is 0.461 e. The maximum Gasteiger partial charge on any atom is 0.332 e. The van der Waals surface area contributed by atoms with Crippen molar-refractivity contribution in [2.45, 2.75) is 83.5 Å². The fourth-order valence-electron chi connectivity index (χ4n) is 5.43. The highest BCUT2D eigenvalue weighted by Crippen LogP contribution is 2.32. The lowest BCUT2D eigenvalue weighted by atomic mass is 9.82. The number of halogens is 1. The zero-order valence-electron chi connectivity index (χ0n) is 24.8. The summed E-state index contributed by atoms with van der Waals surface area (Å²) in [5, 5.41) is 20.9. The molecule has 1 saturated heterocycles. The Balaban J connectivity index is 1.26. The number of esters is 1. The standard InChI is InChI=1S/C31H43ClN6O4/c1-21(2)42-30(39)18-41-17-22(3)36-23-7-9-24(10-8-23)37-29-15-25(26(32)16-34-29)27-5-4-6-28(38-27)35-20-31(19-33)11-13-40-14-12-31/h4-6,15-16,21-24,36H,7-14,17-18,20H2,1-3H3,(H,34,37)(H,35,38)/t22-,23-,24-/m0/s1. The van der Waals surface area contributed by atoms with Crippen molar-refractivity contribution in [3.8, 4) is 17.3 Å². The number of nitrogens with zero attached hydrogens (tertiary/aromatic N) is 3. The SMILES string of the molecule is CC(C)OC(=O)COC[C@H](C)N[C@H]1CC[C@H](Nc2cc(-c3cccc(NCC4(C#N)CCOCC4)n3)c(Cl)cn2)CC1. The normalized spacial score (nSPS) is 20.9. The fraction of sp³-hybridized carbons (Fsp3) is 0.613. The third kappa shape index (κ3) is 9.53. The minimum atomic E-state index is -0.440. The van der Waals surface area contributed by atoms with E-state index in [4.69, 9.17) is 30.8 Å². The van der Waals surface area contributed by atoms with Gasteiger partial charge in [0, 0.05) is 49.6 Å². The summed E-state index contributed by atoms with van der Waals surface area (Å²) >= 11 is 6.56. The number of hydrogen-bond donors (Lipinski definition) is 3. The third-order valence-electron chi connectivity index (χ3n) is 7.73. The van der Waals surface area contributed by atoms with E-state index >= 15 is 0 Å². The Morgan fingerprint density at radius 1 is 1.17 bits per heavy atom. The van der Waals surface area contributed by atoms with E-state index in [1.807, 2.05) is 38.1 Å². The molecule has 42 heavy (non-hydrogen) atoms. The first-order valence-corrected chi connectivity index (χ1v) is 15.3. The zero-order chi connectivity index (χ0) is 30.0. The van der Waals surface area contributed by atoms with Gasteiger partial charge in [0.05, 0.1) is 34.9 Å². The molecule has 3 heterocycles. The number of ether oxygens (including phenoxy) is 3.